The molecule has 0 aromatic heterocycles. The van der Waals surface area contributed by atoms with E-state index in [1.54, 1.807) is 18.2 Å². The molecule has 0 unspecified atom stereocenters. The predicted molar refractivity (Wildman–Crippen MR) is 233 cm³/mol. The summed E-state index contributed by atoms with van der Waals surface area (Å²) in [7, 11) is 0. The van der Waals surface area contributed by atoms with Crippen LogP contribution in [0.3, 0.4) is 0 Å². The van der Waals surface area contributed by atoms with Crippen LogP contribution >= 0.6 is 0 Å². The number of aromatic hydroxyl groups is 1. The van der Waals surface area contributed by atoms with Crippen LogP contribution in [0.25, 0.3) is 16.4 Å². The molecular formula is C51H56HfNO4-3. The average molecular weight is 926 g/mol. The van der Waals surface area contributed by atoms with E-state index in [4.69, 9.17) is 14.8 Å². The van der Waals surface area contributed by atoms with E-state index in [0.29, 0.717) is 36.3 Å². The summed E-state index contributed by atoms with van der Waals surface area (Å²) in [6.07, 6.45) is 1.58. The van der Waals surface area contributed by atoms with E-state index in [9.17, 15) is 9.90 Å². The monoisotopic (exact) mass is 926 g/mol. The maximum Gasteiger partial charge on any atom is 0.342 e. The normalized spacial score (nSPS) is 10.3. The number of rotatable bonds is 13. The van der Waals surface area contributed by atoms with Gasteiger partial charge in [0.05, 0.1) is 6.61 Å². The van der Waals surface area contributed by atoms with Gasteiger partial charge in [-0.15, -0.1) is 36.5 Å². The van der Waals surface area contributed by atoms with Crippen LogP contribution in [0.1, 0.15) is 96.6 Å². The average Bonchev–Trinajstić information content (AvgIpc) is 3.21. The third-order valence-electron chi connectivity index (χ3n) is 9.07. The zero-order valence-electron chi connectivity index (χ0n) is 34.1. The van der Waals surface area contributed by atoms with Gasteiger partial charge in [0.25, 0.3) is 0 Å². The largest absolute Gasteiger partial charge is 0.684 e. The Bertz CT molecular complexity index is 2000. The van der Waals surface area contributed by atoms with E-state index in [0.717, 1.165) is 46.3 Å². The number of nitrogens with zero attached hydrogens (tertiary/aromatic N) is 1. The zero-order chi connectivity index (χ0) is 40.3. The van der Waals surface area contributed by atoms with E-state index < -0.39 is 5.97 Å². The number of phenolic OH excluding ortho intramolecular Hbond substituents is 1. The summed E-state index contributed by atoms with van der Waals surface area (Å²) >= 11 is 0. The van der Waals surface area contributed by atoms with Gasteiger partial charge >= 0.3 is 5.97 Å². The van der Waals surface area contributed by atoms with Crippen molar-refractivity contribution >= 4 is 11.7 Å². The van der Waals surface area contributed by atoms with Crippen molar-refractivity contribution in [3.05, 3.63) is 204 Å². The van der Waals surface area contributed by atoms with E-state index in [1.807, 2.05) is 109 Å². The van der Waals surface area contributed by atoms with E-state index in [2.05, 4.69) is 66.7 Å². The minimum absolute atomic E-state index is 0. The van der Waals surface area contributed by atoms with Crippen LogP contribution < -0.4 is 4.74 Å². The second kappa shape index (κ2) is 24.4. The number of aryl methyl sites for hydroxylation is 1. The Hall–Kier alpha value is -5.20. The van der Waals surface area contributed by atoms with Gasteiger partial charge in [-0.3, -0.25) is 0 Å². The number of carbonyl (C=O) groups excluding carboxylic acids is 1. The summed E-state index contributed by atoms with van der Waals surface area (Å²) in [6, 6.07) is 46.8. The standard InChI is InChI=1S/C37H42NO4.2C7H7.Hf/c1-6-27-19-20-34(41-22-12-21-38-35-29(25(2)3)15-10-16-30(35)26(4)5)33(23-27)31-17-11-18-32(36(31)39)37(40)42-24-28-13-8-7-9-14-28;2*1-7-5-3-2-4-6-7;/h7-11,13-20,23,25-26H,6,12,21-22,24H2,1-5H3,(H,39,40);2*2-6H,1H2;/q3*-1;. The zero-order valence-corrected chi connectivity index (χ0v) is 37.7. The molecule has 0 radical (unpaired) electrons. The first kappa shape index (κ1) is 46.2. The van der Waals surface area contributed by atoms with E-state index in [1.165, 1.54) is 11.1 Å². The molecule has 6 aromatic carbocycles. The molecular weight excluding hydrogens is 869 g/mol. The van der Waals surface area contributed by atoms with Crippen molar-refractivity contribution in [2.75, 3.05) is 13.2 Å². The first-order valence-electron chi connectivity index (χ1n) is 19.4. The summed E-state index contributed by atoms with van der Waals surface area (Å²) in [5.41, 5.74) is 9.19. The third kappa shape index (κ3) is 14.7. The molecule has 0 heterocycles. The summed E-state index contributed by atoms with van der Waals surface area (Å²) in [6.45, 7) is 19.6. The second-order valence-corrected chi connectivity index (χ2v) is 14.1. The molecule has 1 N–H and O–H groups in total. The molecule has 0 bridgehead atoms. The molecule has 0 aliphatic heterocycles. The summed E-state index contributed by atoms with van der Waals surface area (Å²) < 4.78 is 11.8. The van der Waals surface area contributed by atoms with Crippen molar-refractivity contribution < 1.29 is 45.2 Å². The third-order valence-corrected chi connectivity index (χ3v) is 9.07. The topological polar surface area (TPSA) is 69.9 Å². The maximum absolute atomic E-state index is 12.9. The minimum atomic E-state index is -0.573. The summed E-state index contributed by atoms with van der Waals surface area (Å²) in [5.74, 6) is 0.768. The molecule has 0 spiro atoms. The van der Waals surface area contributed by atoms with Crippen LogP contribution in [-0.4, -0.2) is 24.2 Å². The smallest absolute Gasteiger partial charge is 0.342 e. The Balaban J connectivity index is 0.000000484. The molecule has 0 fully saturated rings. The fourth-order valence-electron chi connectivity index (χ4n) is 5.95. The minimum Gasteiger partial charge on any atom is -0.684 e. The van der Waals surface area contributed by atoms with Gasteiger partial charge in [0.1, 0.15) is 23.7 Å². The molecule has 0 saturated carbocycles. The number of benzene rings is 6. The molecule has 0 amide bonds. The number of hydrogen-bond acceptors (Lipinski definition) is 4. The second-order valence-electron chi connectivity index (χ2n) is 14.1. The molecule has 6 rings (SSSR count). The SMILES string of the molecule is CCc1ccc(OCCC[N-]c2c(C(C)C)cccc2C(C)C)c(-c2cccc(C(=O)OCc3ccccc3)c2O)c1.[CH2-]c1ccccc1.[CH2-]c1ccccc1.[Hf]. The Kier molecular flexibility index (Phi) is 19.8. The van der Waals surface area contributed by atoms with Gasteiger partial charge in [-0.1, -0.05) is 125 Å². The molecule has 0 aliphatic rings. The Morgan fingerprint density at radius 1 is 0.667 bits per heavy atom. The van der Waals surface area contributed by atoms with Gasteiger partial charge in [-0.05, 0) is 54.0 Å². The van der Waals surface area contributed by atoms with Gasteiger partial charge in [0, 0.05) is 37.0 Å². The van der Waals surface area contributed by atoms with Gasteiger partial charge in [0.2, 0.25) is 0 Å². The fourth-order valence-corrected chi connectivity index (χ4v) is 5.95. The molecule has 6 heteroatoms. The first-order valence-corrected chi connectivity index (χ1v) is 19.4. The molecule has 57 heavy (non-hydrogen) atoms. The van der Waals surface area contributed by atoms with Crippen molar-refractivity contribution in [2.45, 2.75) is 65.9 Å². The van der Waals surface area contributed by atoms with E-state index >= 15 is 0 Å². The van der Waals surface area contributed by atoms with Crippen LogP contribution in [0.15, 0.2) is 146 Å². The Labute approximate surface area is 360 Å². The van der Waals surface area contributed by atoms with Crippen LogP contribution in [0, 0.1) is 13.8 Å². The van der Waals surface area contributed by atoms with Crippen molar-refractivity contribution in [1.82, 2.24) is 0 Å². The van der Waals surface area contributed by atoms with Gasteiger partial charge < -0.3 is 19.9 Å². The summed E-state index contributed by atoms with van der Waals surface area (Å²) in [5, 5.41) is 16.2. The number of hydrogen-bond donors (Lipinski definition) is 1. The Morgan fingerprint density at radius 2 is 1.21 bits per heavy atom. The summed E-state index contributed by atoms with van der Waals surface area (Å²) in [4.78, 5) is 12.9. The molecule has 0 atom stereocenters. The van der Waals surface area contributed by atoms with E-state index in [-0.39, 0.29) is 43.8 Å². The molecule has 296 valence electrons. The molecule has 0 saturated heterocycles. The van der Waals surface area contributed by atoms with Crippen molar-refractivity contribution in [1.29, 1.82) is 0 Å². The number of ether oxygens (including phenoxy) is 2. The van der Waals surface area contributed by atoms with Crippen LogP contribution in [0.2, 0.25) is 0 Å². The van der Waals surface area contributed by atoms with Crippen LogP contribution in [-0.2, 0) is 43.6 Å². The molecule has 6 aromatic rings. The van der Waals surface area contributed by atoms with Gasteiger partial charge in [0.15, 0.2) is 0 Å². The van der Waals surface area contributed by atoms with Crippen molar-refractivity contribution in [2.24, 2.45) is 0 Å². The van der Waals surface area contributed by atoms with Crippen molar-refractivity contribution in [3.8, 4) is 22.6 Å². The molecule has 5 nitrogen and oxygen atoms in total. The number of esters is 1. The van der Waals surface area contributed by atoms with Crippen LogP contribution in [0.5, 0.6) is 11.5 Å². The fraction of sp³-hybridized carbons (Fsp3) is 0.235. The van der Waals surface area contributed by atoms with Crippen molar-refractivity contribution in [3.63, 3.8) is 0 Å². The quantitative estimate of drug-likeness (QED) is 0.0542. The van der Waals surface area contributed by atoms with Gasteiger partial charge in [-0.2, -0.15) is 49.2 Å². The van der Waals surface area contributed by atoms with Crippen LogP contribution in [0.4, 0.5) is 5.69 Å². The predicted octanol–water partition coefficient (Wildman–Crippen LogP) is 13.4. The Morgan fingerprint density at radius 3 is 1.72 bits per heavy atom. The number of carbonyl (C=O) groups is 1. The van der Waals surface area contributed by atoms with Gasteiger partial charge in [-0.25, -0.2) is 4.79 Å². The number of phenols is 1. The first-order chi connectivity index (χ1) is 27.1. The molecule has 0 aliphatic carbocycles. The number of para-hydroxylation sites is 2. The maximum atomic E-state index is 12.9.